The molecule has 0 atom stereocenters. The van der Waals surface area contributed by atoms with E-state index in [1.165, 1.54) is 0 Å². The fourth-order valence-corrected chi connectivity index (χ4v) is 1.71. The van der Waals surface area contributed by atoms with Crippen LogP contribution in [0.4, 0.5) is 5.82 Å². The van der Waals surface area contributed by atoms with E-state index in [-0.39, 0.29) is 0 Å². The molecule has 0 fully saturated rings. The van der Waals surface area contributed by atoms with Crippen LogP contribution in [0.3, 0.4) is 0 Å². The molecule has 0 spiro atoms. The minimum Gasteiger partial charge on any atom is -0.477 e. The zero-order valence-corrected chi connectivity index (χ0v) is 12.2. The Kier molecular flexibility index (Phi) is 5.89. The summed E-state index contributed by atoms with van der Waals surface area (Å²) in [6, 6.07) is 0. The van der Waals surface area contributed by atoms with Gasteiger partial charge in [-0.2, -0.15) is 0 Å². The van der Waals surface area contributed by atoms with Crippen molar-refractivity contribution in [1.29, 1.82) is 0 Å². The molecular weight excluding hydrogens is 226 g/mol. The van der Waals surface area contributed by atoms with E-state index in [4.69, 9.17) is 4.74 Å². The number of ether oxygens (including phenoxy) is 1. The van der Waals surface area contributed by atoms with Crippen LogP contribution in [0.25, 0.3) is 0 Å². The Balaban J connectivity index is 2.85. The Hall–Kier alpha value is -1.32. The lowest BCUT2D eigenvalue weighted by Gasteiger charge is -2.17. The van der Waals surface area contributed by atoms with Crippen molar-refractivity contribution in [3.05, 3.63) is 11.9 Å². The van der Waals surface area contributed by atoms with Crippen molar-refractivity contribution in [3.8, 4) is 5.88 Å². The van der Waals surface area contributed by atoms with Gasteiger partial charge in [0.15, 0.2) is 0 Å². The van der Waals surface area contributed by atoms with Crippen molar-refractivity contribution < 1.29 is 4.74 Å². The molecule has 0 aliphatic carbocycles. The van der Waals surface area contributed by atoms with E-state index in [9.17, 15) is 0 Å². The SMILES string of the molecule is CCNc1ncnc(OCCC(C)C)c1C(C)C. The summed E-state index contributed by atoms with van der Waals surface area (Å²) in [4.78, 5) is 8.56. The van der Waals surface area contributed by atoms with E-state index in [1.54, 1.807) is 6.33 Å². The third-order valence-electron chi connectivity index (χ3n) is 2.70. The molecule has 4 nitrogen and oxygen atoms in total. The van der Waals surface area contributed by atoms with Crippen molar-refractivity contribution >= 4 is 5.82 Å². The van der Waals surface area contributed by atoms with Gasteiger partial charge < -0.3 is 10.1 Å². The van der Waals surface area contributed by atoms with Gasteiger partial charge in [-0.05, 0) is 25.2 Å². The first kappa shape index (κ1) is 14.7. The maximum absolute atomic E-state index is 5.81. The summed E-state index contributed by atoms with van der Waals surface area (Å²) in [7, 11) is 0. The highest BCUT2D eigenvalue weighted by Crippen LogP contribution is 2.29. The Morgan fingerprint density at radius 1 is 1.22 bits per heavy atom. The van der Waals surface area contributed by atoms with E-state index in [2.05, 4.69) is 49.9 Å². The van der Waals surface area contributed by atoms with Crippen molar-refractivity contribution in [2.75, 3.05) is 18.5 Å². The molecule has 0 saturated heterocycles. The van der Waals surface area contributed by atoms with E-state index in [0.29, 0.717) is 18.4 Å². The molecule has 0 aromatic carbocycles. The summed E-state index contributed by atoms with van der Waals surface area (Å²) in [6.07, 6.45) is 2.60. The van der Waals surface area contributed by atoms with Crippen LogP contribution in [-0.4, -0.2) is 23.1 Å². The largest absolute Gasteiger partial charge is 0.477 e. The summed E-state index contributed by atoms with van der Waals surface area (Å²) in [5.74, 6) is 2.59. The Morgan fingerprint density at radius 2 is 1.94 bits per heavy atom. The number of hydrogen-bond acceptors (Lipinski definition) is 4. The Morgan fingerprint density at radius 3 is 2.50 bits per heavy atom. The third-order valence-corrected chi connectivity index (χ3v) is 2.70. The van der Waals surface area contributed by atoms with Crippen LogP contribution >= 0.6 is 0 Å². The quantitative estimate of drug-likeness (QED) is 0.806. The van der Waals surface area contributed by atoms with Gasteiger partial charge >= 0.3 is 0 Å². The average Bonchev–Trinajstić information content (AvgIpc) is 2.28. The average molecular weight is 251 g/mol. The number of nitrogens with one attached hydrogen (secondary N) is 1. The first-order valence-electron chi connectivity index (χ1n) is 6.77. The molecule has 18 heavy (non-hydrogen) atoms. The fourth-order valence-electron chi connectivity index (χ4n) is 1.71. The number of rotatable bonds is 7. The summed E-state index contributed by atoms with van der Waals surface area (Å²) in [5.41, 5.74) is 1.07. The second kappa shape index (κ2) is 7.19. The van der Waals surface area contributed by atoms with Gasteiger partial charge in [0.2, 0.25) is 5.88 Å². The molecule has 0 bridgehead atoms. The Bertz CT molecular complexity index is 364. The zero-order chi connectivity index (χ0) is 13.5. The normalized spacial score (nSPS) is 11.1. The predicted molar refractivity (Wildman–Crippen MR) is 75.2 cm³/mol. The van der Waals surface area contributed by atoms with Gasteiger partial charge in [0.1, 0.15) is 12.1 Å². The van der Waals surface area contributed by atoms with Gasteiger partial charge in [-0.15, -0.1) is 0 Å². The van der Waals surface area contributed by atoms with Crippen molar-refractivity contribution in [1.82, 2.24) is 9.97 Å². The molecule has 1 rings (SSSR count). The summed E-state index contributed by atoms with van der Waals surface area (Å²) >= 11 is 0. The number of aromatic nitrogens is 2. The molecule has 0 aliphatic rings. The van der Waals surface area contributed by atoms with Crippen molar-refractivity contribution in [2.24, 2.45) is 5.92 Å². The standard InChI is InChI=1S/C14H25N3O/c1-6-15-13-12(11(4)5)14(17-9-16-13)18-8-7-10(2)3/h9-11H,6-8H2,1-5H3,(H,15,16,17). The molecular formula is C14H25N3O. The van der Waals surface area contributed by atoms with Crippen molar-refractivity contribution in [2.45, 2.75) is 47.0 Å². The number of anilines is 1. The van der Waals surface area contributed by atoms with Crippen LogP contribution in [0.15, 0.2) is 6.33 Å². The first-order chi connectivity index (χ1) is 8.56. The van der Waals surface area contributed by atoms with Gasteiger partial charge in [0.25, 0.3) is 0 Å². The van der Waals surface area contributed by atoms with E-state index in [1.807, 2.05) is 0 Å². The summed E-state index contributed by atoms with van der Waals surface area (Å²) in [5, 5.41) is 3.27. The second-order valence-corrected chi connectivity index (χ2v) is 5.16. The molecule has 0 radical (unpaired) electrons. The monoisotopic (exact) mass is 251 g/mol. The lowest BCUT2D eigenvalue weighted by molar-refractivity contribution is 0.275. The zero-order valence-electron chi connectivity index (χ0n) is 12.2. The Labute approximate surface area is 110 Å². The minimum atomic E-state index is 0.342. The lowest BCUT2D eigenvalue weighted by atomic mass is 10.1. The molecule has 1 aromatic rings. The van der Waals surface area contributed by atoms with E-state index in [0.717, 1.165) is 30.2 Å². The summed E-state index contributed by atoms with van der Waals surface area (Å²) < 4.78 is 5.81. The third kappa shape index (κ3) is 4.17. The predicted octanol–water partition coefficient (Wildman–Crippen LogP) is 3.46. The molecule has 0 unspecified atom stereocenters. The molecule has 1 N–H and O–H groups in total. The van der Waals surface area contributed by atoms with Crippen LogP contribution in [0.5, 0.6) is 5.88 Å². The fraction of sp³-hybridized carbons (Fsp3) is 0.714. The first-order valence-corrected chi connectivity index (χ1v) is 6.77. The lowest BCUT2D eigenvalue weighted by Crippen LogP contribution is -2.10. The van der Waals surface area contributed by atoms with Gasteiger partial charge in [-0.25, -0.2) is 9.97 Å². The molecule has 1 heterocycles. The van der Waals surface area contributed by atoms with Gasteiger partial charge in [-0.1, -0.05) is 27.7 Å². The molecule has 4 heteroatoms. The molecule has 0 saturated carbocycles. The topological polar surface area (TPSA) is 47.0 Å². The van der Waals surface area contributed by atoms with E-state index >= 15 is 0 Å². The van der Waals surface area contributed by atoms with Crippen LogP contribution in [0.1, 0.15) is 52.5 Å². The minimum absolute atomic E-state index is 0.342. The highest BCUT2D eigenvalue weighted by molar-refractivity contribution is 5.50. The molecule has 102 valence electrons. The van der Waals surface area contributed by atoms with Crippen LogP contribution in [0.2, 0.25) is 0 Å². The van der Waals surface area contributed by atoms with Gasteiger partial charge in [-0.3, -0.25) is 0 Å². The van der Waals surface area contributed by atoms with E-state index < -0.39 is 0 Å². The summed E-state index contributed by atoms with van der Waals surface area (Å²) in [6.45, 7) is 12.3. The number of nitrogens with zero attached hydrogens (tertiary/aromatic N) is 2. The molecule has 1 aromatic heterocycles. The van der Waals surface area contributed by atoms with Crippen LogP contribution < -0.4 is 10.1 Å². The van der Waals surface area contributed by atoms with Gasteiger partial charge in [0.05, 0.1) is 12.2 Å². The molecule has 0 aliphatic heterocycles. The van der Waals surface area contributed by atoms with Crippen LogP contribution in [-0.2, 0) is 0 Å². The van der Waals surface area contributed by atoms with Crippen LogP contribution in [0, 0.1) is 5.92 Å². The number of hydrogen-bond donors (Lipinski definition) is 1. The smallest absolute Gasteiger partial charge is 0.222 e. The maximum atomic E-state index is 5.81. The maximum Gasteiger partial charge on any atom is 0.222 e. The van der Waals surface area contributed by atoms with Gasteiger partial charge in [0, 0.05) is 6.54 Å². The van der Waals surface area contributed by atoms with Crippen molar-refractivity contribution in [3.63, 3.8) is 0 Å². The second-order valence-electron chi connectivity index (χ2n) is 5.16. The molecule has 0 amide bonds. The highest BCUT2D eigenvalue weighted by atomic mass is 16.5. The highest BCUT2D eigenvalue weighted by Gasteiger charge is 2.15.